The molecule has 0 aliphatic rings. The van der Waals surface area contributed by atoms with Gasteiger partial charge >= 0.3 is 0 Å². The number of hydrogen-bond acceptors (Lipinski definition) is 4. The van der Waals surface area contributed by atoms with Crippen LogP contribution >= 0.6 is 15.9 Å². The van der Waals surface area contributed by atoms with Crippen molar-refractivity contribution in [2.75, 3.05) is 30.9 Å². The van der Waals surface area contributed by atoms with Crippen LogP contribution in [0.15, 0.2) is 52.5 Å². The topological polar surface area (TPSA) is 65.4 Å². The van der Waals surface area contributed by atoms with Crippen LogP contribution in [0.25, 0.3) is 6.08 Å². The first kappa shape index (κ1) is 19.5. The van der Waals surface area contributed by atoms with Crippen LogP contribution in [0.5, 0.6) is 5.75 Å². The molecule has 1 N–H and O–H groups in total. The molecule has 0 aliphatic carbocycles. The van der Waals surface area contributed by atoms with Crippen LogP contribution in [0.4, 0.5) is 11.4 Å². The first-order valence-electron chi connectivity index (χ1n) is 8.07. The maximum atomic E-state index is 12.4. The van der Waals surface area contributed by atoms with Crippen molar-refractivity contribution in [2.45, 2.75) is 6.92 Å². The summed E-state index contributed by atoms with van der Waals surface area (Å²) in [5.74, 6) is 0.199. The van der Waals surface area contributed by atoms with E-state index in [1.54, 1.807) is 24.3 Å². The van der Waals surface area contributed by atoms with Crippen LogP contribution < -0.4 is 15.0 Å². The van der Waals surface area contributed by atoms with Crippen molar-refractivity contribution in [3.8, 4) is 11.8 Å². The van der Waals surface area contributed by atoms with Gasteiger partial charge in [-0.25, -0.2) is 0 Å². The maximum Gasteiger partial charge on any atom is 0.266 e. The van der Waals surface area contributed by atoms with Gasteiger partial charge in [0.2, 0.25) is 0 Å². The van der Waals surface area contributed by atoms with Gasteiger partial charge in [0.15, 0.2) is 0 Å². The normalized spacial score (nSPS) is 10.8. The molecule has 0 bridgehead atoms. The number of benzene rings is 2. The summed E-state index contributed by atoms with van der Waals surface area (Å²) in [6.07, 6.45) is 1.56. The number of halogens is 1. The Bertz CT molecular complexity index is 870. The molecule has 0 radical (unpaired) electrons. The summed E-state index contributed by atoms with van der Waals surface area (Å²) in [4.78, 5) is 14.4. The number of nitriles is 1. The van der Waals surface area contributed by atoms with Gasteiger partial charge in [0, 0.05) is 30.3 Å². The fourth-order valence-corrected chi connectivity index (χ4v) is 3.07. The van der Waals surface area contributed by atoms with E-state index in [-0.39, 0.29) is 5.57 Å². The molecule has 0 atom stereocenters. The van der Waals surface area contributed by atoms with E-state index in [2.05, 4.69) is 21.2 Å². The van der Waals surface area contributed by atoms with Gasteiger partial charge in [-0.3, -0.25) is 4.79 Å². The van der Waals surface area contributed by atoms with E-state index >= 15 is 0 Å². The molecule has 26 heavy (non-hydrogen) atoms. The minimum absolute atomic E-state index is 0.0244. The molecule has 0 saturated heterocycles. The van der Waals surface area contributed by atoms with E-state index in [1.165, 1.54) is 0 Å². The highest BCUT2D eigenvalue weighted by Gasteiger charge is 2.11. The summed E-state index contributed by atoms with van der Waals surface area (Å²) >= 11 is 3.50. The first-order valence-corrected chi connectivity index (χ1v) is 8.86. The molecule has 0 spiro atoms. The van der Waals surface area contributed by atoms with Gasteiger partial charge in [0.25, 0.3) is 5.91 Å². The molecule has 6 heteroatoms. The van der Waals surface area contributed by atoms with Crippen LogP contribution in [0.3, 0.4) is 0 Å². The monoisotopic (exact) mass is 413 g/mol. The predicted octanol–water partition coefficient (Wildman–Crippen LogP) is 4.46. The highest BCUT2D eigenvalue weighted by molar-refractivity contribution is 9.10. The number of carbonyl (C=O) groups excluding carboxylic acids is 1. The lowest BCUT2D eigenvalue weighted by Gasteiger charge is -2.14. The van der Waals surface area contributed by atoms with Gasteiger partial charge in [0.1, 0.15) is 17.4 Å². The van der Waals surface area contributed by atoms with Crippen molar-refractivity contribution < 1.29 is 9.53 Å². The Labute approximate surface area is 162 Å². The van der Waals surface area contributed by atoms with Crippen molar-refractivity contribution in [2.24, 2.45) is 0 Å². The predicted molar refractivity (Wildman–Crippen MR) is 108 cm³/mol. The third-order valence-corrected chi connectivity index (χ3v) is 4.17. The standard InChI is InChI=1S/C20H20BrN3O2/c1-4-26-17-7-5-6-16(12-17)23-20(25)15(13-22)10-14-8-9-19(24(2)3)18(21)11-14/h5-12H,4H2,1-3H3,(H,23,25). The summed E-state index contributed by atoms with van der Waals surface area (Å²) in [7, 11) is 3.89. The van der Waals surface area contributed by atoms with Crippen molar-refractivity contribution in [1.29, 1.82) is 5.26 Å². The smallest absolute Gasteiger partial charge is 0.266 e. The molecule has 0 unspecified atom stereocenters. The average Bonchev–Trinajstić information content (AvgIpc) is 2.60. The Morgan fingerprint density at radius 2 is 2.08 bits per heavy atom. The van der Waals surface area contributed by atoms with E-state index in [0.717, 1.165) is 15.7 Å². The molecule has 0 aliphatic heterocycles. The maximum absolute atomic E-state index is 12.4. The molecule has 5 nitrogen and oxygen atoms in total. The molecule has 2 rings (SSSR count). The van der Waals surface area contributed by atoms with E-state index in [4.69, 9.17) is 4.74 Å². The number of rotatable bonds is 6. The van der Waals surface area contributed by atoms with Gasteiger partial charge in [-0.1, -0.05) is 12.1 Å². The molecule has 0 aromatic heterocycles. The molecule has 0 saturated carbocycles. The van der Waals surface area contributed by atoms with Gasteiger partial charge in [0.05, 0.1) is 12.3 Å². The van der Waals surface area contributed by atoms with Crippen molar-refractivity contribution in [3.05, 3.63) is 58.1 Å². The van der Waals surface area contributed by atoms with E-state index in [9.17, 15) is 10.1 Å². The molecular weight excluding hydrogens is 394 g/mol. The minimum atomic E-state index is -0.464. The van der Waals surface area contributed by atoms with E-state index in [1.807, 2.05) is 56.3 Å². The SMILES string of the molecule is CCOc1cccc(NC(=O)C(C#N)=Cc2ccc(N(C)C)c(Br)c2)c1. The molecule has 0 heterocycles. The Kier molecular flexibility index (Phi) is 6.81. The molecular formula is C20H20BrN3O2. The zero-order valence-corrected chi connectivity index (χ0v) is 16.5. The Balaban J connectivity index is 2.21. The van der Waals surface area contributed by atoms with Gasteiger partial charge in [-0.05, 0) is 58.8 Å². The molecule has 2 aromatic carbocycles. The summed E-state index contributed by atoms with van der Waals surface area (Å²) < 4.78 is 6.30. The highest BCUT2D eigenvalue weighted by atomic mass is 79.9. The van der Waals surface area contributed by atoms with Crippen LogP contribution in [0, 0.1) is 11.3 Å². The van der Waals surface area contributed by atoms with Crippen LogP contribution in [-0.4, -0.2) is 26.6 Å². The molecule has 1 amide bonds. The first-order chi connectivity index (χ1) is 12.4. The lowest BCUT2D eigenvalue weighted by Crippen LogP contribution is -2.13. The van der Waals surface area contributed by atoms with E-state index in [0.29, 0.717) is 18.0 Å². The summed E-state index contributed by atoms with van der Waals surface area (Å²) in [5, 5.41) is 12.1. The highest BCUT2D eigenvalue weighted by Crippen LogP contribution is 2.27. The molecule has 2 aromatic rings. The lowest BCUT2D eigenvalue weighted by molar-refractivity contribution is -0.112. The summed E-state index contributed by atoms with van der Waals surface area (Å²) in [5.41, 5.74) is 2.37. The van der Waals surface area contributed by atoms with Gasteiger partial charge < -0.3 is 15.0 Å². The van der Waals surface area contributed by atoms with Crippen LogP contribution in [0.1, 0.15) is 12.5 Å². The van der Waals surface area contributed by atoms with E-state index < -0.39 is 5.91 Å². The number of carbonyl (C=O) groups is 1. The van der Waals surface area contributed by atoms with Crippen LogP contribution in [-0.2, 0) is 4.79 Å². The van der Waals surface area contributed by atoms with Crippen molar-refractivity contribution >= 4 is 39.3 Å². The summed E-state index contributed by atoms with van der Waals surface area (Å²) in [6.45, 7) is 2.43. The molecule has 134 valence electrons. The number of amides is 1. The number of anilines is 2. The second-order valence-electron chi connectivity index (χ2n) is 5.69. The third-order valence-electron chi connectivity index (χ3n) is 3.53. The quantitative estimate of drug-likeness (QED) is 0.560. The molecule has 0 fully saturated rings. The number of hydrogen-bond donors (Lipinski definition) is 1. The fraction of sp³-hybridized carbons (Fsp3) is 0.200. The minimum Gasteiger partial charge on any atom is -0.494 e. The average molecular weight is 414 g/mol. The van der Waals surface area contributed by atoms with Gasteiger partial charge in [-0.2, -0.15) is 5.26 Å². The number of nitrogens with one attached hydrogen (secondary N) is 1. The Morgan fingerprint density at radius 3 is 2.69 bits per heavy atom. The zero-order valence-electron chi connectivity index (χ0n) is 14.9. The fourth-order valence-electron chi connectivity index (χ4n) is 2.32. The Hall–Kier alpha value is -2.78. The number of nitrogens with zero attached hydrogens (tertiary/aromatic N) is 2. The second kappa shape index (κ2) is 9.07. The van der Waals surface area contributed by atoms with Crippen molar-refractivity contribution in [3.63, 3.8) is 0 Å². The second-order valence-corrected chi connectivity index (χ2v) is 6.54. The largest absolute Gasteiger partial charge is 0.494 e. The van der Waals surface area contributed by atoms with Crippen molar-refractivity contribution in [1.82, 2.24) is 0 Å². The summed E-state index contributed by atoms with van der Waals surface area (Å²) in [6, 6.07) is 14.7. The Morgan fingerprint density at radius 1 is 1.31 bits per heavy atom. The number of ether oxygens (including phenoxy) is 1. The lowest BCUT2D eigenvalue weighted by atomic mass is 10.1. The third kappa shape index (κ3) is 5.11. The van der Waals surface area contributed by atoms with Crippen LogP contribution in [0.2, 0.25) is 0 Å². The zero-order chi connectivity index (χ0) is 19.1. The van der Waals surface area contributed by atoms with Gasteiger partial charge in [-0.15, -0.1) is 0 Å².